The number of nitrogens with two attached hydrogens (primary N) is 1. The maximum atomic E-state index is 10.7. The molecule has 0 bridgehead atoms. The summed E-state index contributed by atoms with van der Waals surface area (Å²) in [7, 11) is 1.94. The number of rotatable bonds is 3. The van der Waals surface area contributed by atoms with Gasteiger partial charge in [-0.25, -0.2) is 0 Å². The summed E-state index contributed by atoms with van der Waals surface area (Å²) in [4.78, 5) is 10.7. The van der Waals surface area contributed by atoms with Gasteiger partial charge in [0, 0.05) is 30.6 Å². The van der Waals surface area contributed by atoms with Crippen LogP contribution in [-0.4, -0.2) is 21.7 Å². The molecule has 0 radical (unpaired) electrons. The summed E-state index contributed by atoms with van der Waals surface area (Å²) >= 11 is 0. The van der Waals surface area contributed by atoms with Crippen molar-refractivity contribution in [2.75, 3.05) is 0 Å². The summed E-state index contributed by atoms with van der Waals surface area (Å²) < 4.78 is 1.99. The van der Waals surface area contributed by atoms with Gasteiger partial charge in [0.2, 0.25) is 0 Å². The third-order valence-corrected chi connectivity index (χ3v) is 2.74. The number of aryl methyl sites for hydroxylation is 1. The van der Waals surface area contributed by atoms with Crippen LogP contribution in [0.3, 0.4) is 0 Å². The van der Waals surface area contributed by atoms with Crippen LogP contribution in [0.15, 0.2) is 30.5 Å². The highest BCUT2D eigenvalue weighted by Gasteiger charge is 2.15. The summed E-state index contributed by atoms with van der Waals surface area (Å²) in [5.41, 5.74) is 7.61. The van der Waals surface area contributed by atoms with Crippen molar-refractivity contribution in [2.24, 2.45) is 12.8 Å². The SMILES string of the molecule is Cl.Cl.Cn1cc(C[C@@H](N)C(=O)O)c2ccccc21. The topological polar surface area (TPSA) is 68.2 Å². The third kappa shape index (κ3) is 3.16. The summed E-state index contributed by atoms with van der Waals surface area (Å²) in [5.74, 6) is -0.965. The number of carbonyl (C=O) groups is 1. The van der Waals surface area contributed by atoms with Crippen LogP contribution in [0, 0.1) is 0 Å². The van der Waals surface area contributed by atoms with Crippen LogP contribution >= 0.6 is 24.8 Å². The molecule has 0 fully saturated rings. The van der Waals surface area contributed by atoms with Crippen LogP contribution in [0.1, 0.15) is 5.56 Å². The number of carboxylic acid groups (broad SMARTS) is 1. The molecule has 6 heteroatoms. The van der Waals surface area contributed by atoms with Crippen LogP contribution in [0.25, 0.3) is 10.9 Å². The molecule has 1 aromatic heterocycles. The van der Waals surface area contributed by atoms with Gasteiger partial charge in [-0.3, -0.25) is 4.79 Å². The molecule has 0 unspecified atom stereocenters. The third-order valence-electron chi connectivity index (χ3n) is 2.74. The Kier molecular flexibility index (Phi) is 6.18. The Balaban J connectivity index is 0.00000144. The molecule has 1 aromatic carbocycles. The van der Waals surface area contributed by atoms with E-state index in [4.69, 9.17) is 10.8 Å². The molecule has 0 aliphatic carbocycles. The molecule has 0 spiro atoms. The van der Waals surface area contributed by atoms with Crippen LogP contribution < -0.4 is 5.73 Å². The number of halogens is 2. The molecule has 1 atom stereocenters. The molecule has 100 valence electrons. The molecule has 0 saturated heterocycles. The van der Waals surface area contributed by atoms with E-state index in [2.05, 4.69) is 0 Å². The maximum absolute atomic E-state index is 10.7. The zero-order chi connectivity index (χ0) is 11.7. The molecular weight excluding hydrogens is 275 g/mol. The van der Waals surface area contributed by atoms with E-state index in [0.29, 0.717) is 6.42 Å². The first-order valence-corrected chi connectivity index (χ1v) is 5.11. The van der Waals surface area contributed by atoms with Gasteiger partial charge in [0.05, 0.1) is 0 Å². The lowest BCUT2D eigenvalue weighted by atomic mass is 10.1. The summed E-state index contributed by atoms with van der Waals surface area (Å²) in [6, 6.07) is 7.05. The number of hydrogen-bond donors (Lipinski definition) is 2. The van der Waals surface area contributed by atoms with Crippen molar-refractivity contribution in [3.05, 3.63) is 36.0 Å². The van der Waals surface area contributed by atoms with Gasteiger partial charge in [-0.15, -0.1) is 24.8 Å². The molecule has 2 aromatic rings. The smallest absolute Gasteiger partial charge is 0.320 e. The fourth-order valence-electron chi connectivity index (χ4n) is 1.91. The minimum atomic E-state index is -0.965. The monoisotopic (exact) mass is 290 g/mol. The first-order chi connectivity index (χ1) is 7.59. The van der Waals surface area contributed by atoms with Crippen molar-refractivity contribution in [1.82, 2.24) is 4.57 Å². The minimum absolute atomic E-state index is 0. The largest absolute Gasteiger partial charge is 0.480 e. The molecule has 0 saturated carbocycles. The molecule has 18 heavy (non-hydrogen) atoms. The Labute approximate surface area is 118 Å². The Morgan fingerprint density at radius 2 is 2.00 bits per heavy atom. The van der Waals surface area contributed by atoms with E-state index in [9.17, 15) is 4.79 Å². The van der Waals surface area contributed by atoms with E-state index in [1.54, 1.807) is 0 Å². The first kappa shape index (κ1) is 16.8. The van der Waals surface area contributed by atoms with Crippen molar-refractivity contribution in [3.63, 3.8) is 0 Å². The number of para-hydroxylation sites is 1. The highest BCUT2D eigenvalue weighted by atomic mass is 35.5. The van der Waals surface area contributed by atoms with Gasteiger partial charge in [0.25, 0.3) is 0 Å². The van der Waals surface area contributed by atoms with Gasteiger partial charge >= 0.3 is 5.97 Å². The number of hydrogen-bond acceptors (Lipinski definition) is 2. The molecule has 4 nitrogen and oxygen atoms in total. The van der Waals surface area contributed by atoms with Crippen LogP contribution in [-0.2, 0) is 18.3 Å². The quantitative estimate of drug-likeness (QED) is 0.908. The van der Waals surface area contributed by atoms with Gasteiger partial charge in [-0.1, -0.05) is 18.2 Å². The molecule has 1 heterocycles. The molecule has 3 N–H and O–H groups in total. The zero-order valence-electron chi connectivity index (χ0n) is 9.87. The van der Waals surface area contributed by atoms with Crippen LogP contribution in [0.2, 0.25) is 0 Å². The van der Waals surface area contributed by atoms with Crippen LogP contribution in [0.5, 0.6) is 0 Å². The van der Waals surface area contributed by atoms with Crippen LogP contribution in [0.4, 0.5) is 0 Å². The Morgan fingerprint density at radius 1 is 1.39 bits per heavy atom. The Bertz CT molecular complexity index is 540. The second-order valence-corrected chi connectivity index (χ2v) is 3.93. The lowest BCUT2D eigenvalue weighted by Gasteiger charge is -2.04. The average Bonchev–Trinajstić information content (AvgIpc) is 2.57. The molecule has 0 aliphatic heterocycles. The predicted molar refractivity (Wildman–Crippen MR) is 76.7 cm³/mol. The second kappa shape index (κ2) is 6.64. The number of nitrogens with zero attached hydrogens (tertiary/aromatic N) is 1. The van der Waals surface area contributed by atoms with Crippen molar-refractivity contribution >= 4 is 41.7 Å². The average molecular weight is 291 g/mol. The predicted octanol–water partition coefficient (Wildman–Crippen LogP) is 1.98. The van der Waals surface area contributed by atoms with Crippen molar-refractivity contribution in [3.8, 4) is 0 Å². The van der Waals surface area contributed by atoms with Gasteiger partial charge < -0.3 is 15.4 Å². The molecule has 0 amide bonds. The maximum Gasteiger partial charge on any atom is 0.320 e. The second-order valence-electron chi connectivity index (χ2n) is 3.93. The zero-order valence-corrected chi connectivity index (χ0v) is 11.5. The Morgan fingerprint density at radius 3 is 2.61 bits per heavy atom. The van der Waals surface area contributed by atoms with Crippen molar-refractivity contribution in [1.29, 1.82) is 0 Å². The lowest BCUT2D eigenvalue weighted by Crippen LogP contribution is -2.32. The summed E-state index contributed by atoms with van der Waals surface area (Å²) in [5, 5.41) is 9.86. The fraction of sp³-hybridized carbons (Fsp3) is 0.250. The van der Waals surface area contributed by atoms with E-state index < -0.39 is 12.0 Å². The molecular formula is C12H16Cl2N2O2. The first-order valence-electron chi connectivity index (χ1n) is 5.11. The van der Waals surface area contributed by atoms with Crippen molar-refractivity contribution in [2.45, 2.75) is 12.5 Å². The number of benzene rings is 1. The van der Waals surface area contributed by atoms with E-state index in [1.165, 1.54) is 0 Å². The standard InChI is InChI=1S/C12H14N2O2.2ClH/c1-14-7-8(6-10(13)12(15)16)9-4-2-3-5-11(9)14;;/h2-5,7,10H,6,13H2,1H3,(H,15,16);2*1H/t10-;;/m1../s1. The number of fused-ring (bicyclic) bond motifs is 1. The highest BCUT2D eigenvalue weighted by molar-refractivity contribution is 5.86. The van der Waals surface area contributed by atoms with Gasteiger partial charge in [-0.2, -0.15) is 0 Å². The van der Waals surface area contributed by atoms with Gasteiger partial charge in [0.1, 0.15) is 6.04 Å². The summed E-state index contributed by atoms with van der Waals surface area (Å²) in [6.07, 6.45) is 2.30. The number of carboxylic acids is 1. The number of aliphatic carboxylic acids is 1. The normalized spacial score (nSPS) is 11.4. The van der Waals surface area contributed by atoms with E-state index >= 15 is 0 Å². The number of aromatic nitrogens is 1. The molecule has 2 rings (SSSR count). The van der Waals surface area contributed by atoms with Gasteiger partial charge in [0.15, 0.2) is 0 Å². The van der Waals surface area contributed by atoms with E-state index in [1.807, 2.05) is 42.1 Å². The minimum Gasteiger partial charge on any atom is -0.480 e. The molecule has 0 aliphatic rings. The van der Waals surface area contributed by atoms with Gasteiger partial charge in [-0.05, 0) is 11.6 Å². The highest BCUT2D eigenvalue weighted by Crippen LogP contribution is 2.21. The summed E-state index contributed by atoms with van der Waals surface area (Å²) in [6.45, 7) is 0. The Hall–Kier alpha value is -1.23. The lowest BCUT2D eigenvalue weighted by molar-refractivity contribution is -0.138. The fourth-order valence-corrected chi connectivity index (χ4v) is 1.91. The van der Waals surface area contributed by atoms with Crippen molar-refractivity contribution < 1.29 is 9.90 Å². The van der Waals surface area contributed by atoms with E-state index in [-0.39, 0.29) is 24.8 Å². The van der Waals surface area contributed by atoms with E-state index in [0.717, 1.165) is 16.5 Å².